The van der Waals surface area contributed by atoms with Crippen molar-refractivity contribution in [3.05, 3.63) is 59.2 Å². The number of fused-ring (bicyclic) bond motifs is 3. The Labute approximate surface area is 213 Å². The standard InChI is InChI=1S/C26H29N7O4/c1-32-21(5-7-29-32)15-3-4-16(28-10-15)11-33(22-14-36-8-6-23(22)35-2)26(34)20-9-19-24(30-20)17-12-37-13-18(17)25(27)31-19/h3-5,7,9-10,22-23,30H,6,8,11-14H2,1-2H3,(H2,27,31)/t22-,23-/m1/s1. The van der Waals surface area contributed by atoms with Gasteiger partial charge in [-0.2, -0.15) is 5.10 Å². The summed E-state index contributed by atoms with van der Waals surface area (Å²) in [4.78, 5) is 28.3. The highest BCUT2D eigenvalue weighted by molar-refractivity contribution is 5.98. The summed E-state index contributed by atoms with van der Waals surface area (Å²) < 4.78 is 18.9. The van der Waals surface area contributed by atoms with Gasteiger partial charge in [-0.1, -0.05) is 0 Å². The van der Waals surface area contributed by atoms with E-state index < -0.39 is 0 Å². The number of H-pyrrole nitrogens is 1. The number of nitrogens with one attached hydrogen (secondary N) is 1. The Bertz CT molecular complexity index is 1450. The normalized spacial score (nSPS) is 19.3. The van der Waals surface area contributed by atoms with Gasteiger partial charge >= 0.3 is 0 Å². The lowest BCUT2D eigenvalue weighted by atomic mass is 10.0. The van der Waals surface area contributed by atoms with E-state index >= 15 is 0 Å². The molecule has 4 aromatic rings. The van der Waals surface area contributed by atoms with Gasteiger partial charge in [0.25, 0.3) is 5.91 Å². The summed E-state index contributed by atoms with van der Waals surface area (Å²) in [6, 6.07) is 7.35. The first-order chi connectivity index (χ1) is 18.0. The molecule has 11 nitrogen and oxygen atoms in total. The number of hydrogen-bond acceptors (Lipinski definition) is 8. The van der Waals surface area contributed by atoms with Crippen molar-refractivity contribution in [2.45, 2.75) is 38.3 Å². The van der Waals surface area contributed by atoms with E-state index in [2.05, 4.69) is 20.1 Å². The lowest BCUT2D eigenvalue weighted by molar-refractivity contribution is -0.0716. The first-order valence-corrected chi connectivity index (χ1v) is 12.3. The van der Waals surface area contributed by atoms with Gasteiger partial charge in [0.1, 0.15) is 11.5 Å². The van der Waals surface area contributed by atoms with Gasteiger partial charge in [0.05, 0.1) is 60.9 Å². The zero-order valence-corrected chi connectivity index (χ0v) is 20.8. The first-order valence-electron chi connectivity index (χ1n) is 12.3. The molecular weight excluding hydrogens is 474 g/mol. The van der Waals surface area contributed by atoms with E-state index in [0.29, 0.717) is 56.4 Å². The van der Waals surface area contributed by atoms with Crippen LogP contribution < -0.4 is 5.73 Å². The molecule has 0 aliphatic carbocycles. The number of carbonyl (C=O) groups excluding carboxylic acids is 1. The van der Waals surface area contributed by atoms with Crippen LogP contribution in [-0.2, 0) is 41.0 Å². The van der Waals surface area contributed by atoms with Gasteiger partial charge in [-0.3, -0.25) is 14.5 Å². The quantitative estimate of drug-likeness (QED) is 0.410. The molecule has 3 N–H and O–H groups in total. The van der Waals surface area contributed by atoms with E-state index in [1.165, 1.54) is 0 Å². The van der Waals surface area contributed by atoms with Crippen LogP contribution in [0.25, 0.3) is 22.3 Å². The Kier molecular flexibility index (Phi) is 6.11. The summed E-state index contributed by atoms with van der Waals surface area (Å²) in [5, 5.41) is 4.23. The minimum atomic E-state index is -0.275. The Morgan fingerprint density at radius 3 is 2.89 bits per heavy atom. The molecule has 0 spiro atoms. The SMILES string of the molecule is CO[C@@H]1CCOC[C@H]1N(Cc1ccc(-c2ccnn2C)cn1)C(=O)c1cc2nc(N)c3c(c2[nH]1)COC3. The van der Waals surface area contributed by atoms with Crippen LogP contribution in [0, 0.1) is 0 Å². The Hall–Kier alpha value is -3.80. The molecule has 6 heterocycles. The lowest BCUT2D eigenvalue weighted by Gasteiger charge is -2.38. The third kappa shape index (κ3) is 4.24. The number of aromatic amines is 1. The van der Waals surface area contributed by atoms with Crippen molar-refractivity contribution in [3.63, 3.8) is 0 Å². The minimum absolute atomic E-state index is 0.151. The van der Waals surface area contributed by atoms with Crippen LogP contribution >= 0.6 is 0 Å². The number of carbonyl (C=O) groups is 1. The Morgan fingerprint density at radius 1 is 1.27 bits per heavy atom. The highest BCUT2D eigenvalue weighted by Gasteiger charge is 2.35. The predicted molar refractivity (Wildman–Crippen MR) is 135 cm³/mol. The molecule has 0 unspecified atom stereocenters. The molecule has 1 amide bonds. The van der Waals surface area contributed by atoms with E-state index in [9.17, 15) is 4.79 Å². The third-order valence-electron chi connectivity index (χ3n) is 7.24. The molecule has 2 aliphatic rings. The van der Waals surface area contributed by atoms with Crippen molar-refractivity contribution < 1.29 is 19.0 Å². The van der Waals surface area contributed by atoms with Gasteiger partial charge in [-0.25, -0.2) is 4.98 Å². The maximum absolute atomic E-state index is 14.0. The minimum Gasteiger partial charge on any atom is -0.383 e. The zero-order chi connectivity index (χ0) is 25.5. The monoisotopic (exact) mass is 503 g/mol. The Morgan fingerprint density at radius 2 is 2.14 bits per heavy atom. The zero-order valence-electron chi connectivity index (χ0n) is 20.8. The molecule has 2 aliphatic heterocycles. The predicted octanol–water partition coefficient (Wildman–Crippen LogP) is 2.42. The van der Waals surface area contributed by atoms with Crippen LogP contribution in [0.3, 0.4) is 0 Å². The van der Waals surface area contributed by atoms with Crippen LogP contribution in [0.5, 0.6) is 0 Å². The fourth-order valence-electron chi connectivity index (χ4n) is 5.22. The van der Waals surface area contributed by atoms with Crippen molar-refractivity contribution in [2.75, 3.05) is 26.1 Å². The molecule has 1 saturated heterocycles. The third-order valence-corrected chi connectivity index (χ3v) is 7.24. The summed E-state index contributed by atoms with van der Waals surface area (Å²) in [6.45, 7) is 2.13. The molecule has 11 heteroatoms. The number of nitrogens with two attached hydrogens (primary N) is 1. The van der Waals surface area contributed by atoms with Crippen LogP contribution in [-0.4, -0.2) is 68.0 Å². The van der Waals surface area contributed by atoms with Gasteiger partial charge < -0.3 is 29.8 Å². The van der Waals surface area contributed by atoms with E-state index in [1.807, 2.05) is 25.2 Å². The number of hydrogen-bond donors (Lipinski definition) is 2. The molecule has 2 atom stereocenters. The average Bonchev–Trinajstić information content (AvgIpc) is 3.67. The van der Waals surface area contributed by atoms with E-state index in [4.69, 9.17) is 19.9 Å². The second-order valence-corrected chi connectivity index (χ2v) is 9.41. The molecule has 192 valence electrons. The number of amides is 1. The molecule has 4 aromatic heterocycles. The fraction of sp³-hybridized carbons (Fsp3) is 0.385. The van der Waals surface area contributed by atoms with Crippen LogP contribution in [0.1, 0.15) is 33.7 Å². The molecule has 37 heavy (non-hydrogen) atoms. The summed E-state index contributed by atoms with van der Waals surface area (Å²) in [5.41, 5.74) is 12.5. The number of ether oxygens (including phenoxy) is 3. The molecule has 6 rings (SSSR count). The topological polar surface area (TPSA) is 133 Å². The van der Waals surface area contributed by atoms with Gasteiger partial charge in [0, 0.05) is 49.8 Å². The van der Waals surface area contributed by atoms with Gasteiger partial charge in [0.15, 0.2) is 0 Å². The van der Waals surface area contributed by atoms with Gasteiger partial charge in [0.2, 0.25) is 0 Å². The number of aryl methyl sites for hydroxylation is 1. The molecule has 0 aromatic carbocycles. The maximum Gasteiger partial charge on any atom is 0.271 e. The first kappa shape index (κ1) is 23.6. The van der Waals surface area contributed by atoms with Crippen molar-refractivity contribution in [1.82, 2.24) is 29.6 Å². The van der Waals surface area contributed by atoms with E-state index in [0.717, 1.165) is 33.6 Å². The average molecular weight is 504 g/mol. The van der Waals surface area contributed by atoms with Crippen LogP contribution in [0.2, 0.25) is 0 Å². The molecule has 0 saturated carbocycles. The van der Waals surface area contributed by atoms with Crippen molar-refractivity contribution in [1.29, 1.82) is 0 Å². The maximum atomic E-state index is 14.0. The number of nitrogen functional groups attached to an aromatic ring is 1. The number of methoxy groups -OCH3 is 1. The van der Waals surface area contributed by atoms with Crippen LogP contribution in [0.15, 0.2) is 36.7 Å². The number of anilines is 1. The lowest BCUT2D eigenvalue weighted by Crippen LogP contribution is -2.52. The Balaban J connectivity index is 1.34. The van der Waals surface area contributed by atoms with Gasteiger partial charge in [-0.05, 0) is 30.7 Å². The molecular formula is C26H29N7O4. The van der Waals surface area contributed by atoms with Crippen LogP contribution in [0.4, 0.5) is 5.82 Å². The summed E-state index contributed by atoms with van der Waals surface area (Å²) in [6.07, 6.45) is 4.11. The number of pyridine rings is 2. The molecule has 0 radical (unpaired) electrons. The second kappa shape index (κ2) is 9.58. The largest absolute Gasteiger partial charge is 0.383 e. The van der Waals surface area contributed by atoms with E-state index in [-0.39, 0.29) is 18.1 Å². The number of aromatic nitrogens is 5. The highest BCUT2D eigenvalue weighted by Crippen LogP contribution is 2.32. The number of nitrogens with zero attached hydrogens (tertiary/aromatic N) is 5. The smallest absolute Gasteiger partial charge is 0.271 e. The summed E-state index contributed by atoms with van der Waals surface area (Å²) in [7, 11) is 3.56. The van der Waals surface area contributed by atoms with Crippen molar-refractivity contribution in [3.8, 4) is 11.3 Å². The highest BCUT2D eigenvalue weighted by atomic mass is 16.5. The summed E-state index contributed by atoms with van der Waals surface area (Å²) in [5.74, 6) is 0.256. The molecule has 0 bridgehead atoms. The van der Waals surface area contributed by atoms with Gasteiger partial charge in [-0.15, -0.1) is 0 Å². The summed E-state index contributed by atoms with van der Waals surface area (Å²) >= 11 is 0. The van der Waals surface area contributed by atoms with Crippen molar-refractivity contribution in [2.24, 2.45) is 7.05 Å². The molecule has 1 fully saturated rings. The fourth-order valence-corrected chi connectivity index (χ4v) is 5.22. The number of rotatable bonds is 6. The second-order valence-electron chi connectivity index (χ2n) is 9.41. The van der Waals surface area contributed by atoms with Crippen molar-refractivity contribution >= 4 is 22.8 Å². The van der Waals surface area contributed by atoms with E-state index in [1.54, 1.807) is 35.2 Å².